The Morgan fingerprint density at radius 3 is 2.79 bits per heavy atom. The lowest BCUT2D eigenvalue weighted by Crippen LogP contribution is -2.09. The SMILES string of the molecule is Cc1cc(O)c(Cl)cc1C(=O)CCN. The molecule has 0 fully saturated rings. The van der Waals surface area contributed by atoms with E-state index >= 15 is 0 Å². The van der Waals surface area contributed by atoms with Crippen molar-refractivity contribution >= 4 is 17.4 Å². The molecule has 0 saturated heterocycles. The molecule has 0 aliphatic carbocycles. The number of benzene rings is 1. The normalized spacial score (nSPS) is 10.2. The number of phenolic OH excluding ortho intramolecular Hbond substituents is 1. The molecule has 1 rings (SSSR count). The summed E-state index contributed by atoms with van der Waals surface area (Å²) >= 11 is 5.70. The molecule has 4 heteroatoms. The molecule has 1 aromatic carbocycles. The van der Waals surface area contributed by atoms with Gasteiger partial charge in [-0.25, -0.2) is 0 Å². The molecule has 0 aliphatic heterocycles. The number of carbonyl (C=O) groups excluding carboxylic acids is 1. The van der Waals surface area contributed by atoms with E-state index in [1.165, 1.54) is 12.1 Å². The Balaban J connectivity index is 3.09. The molecule has 0 aliphatic rings. The van der Waals surface area contributed by atoms with E-state index in [1.54, 1.807) is 6.92 Å². The molecule has 0 atom stereocenters. The number of nitrogens with two attached hydrogens (primary N) is 1. The van der Waals surface area contributed by atoms with Crippen LogP contribution in [0.4, 0.5) is 0 Å². The highest BCUT2D eigenvalue weighted by molar-refractivity contribution is 6.32. The fraction of sp³-hybridized carbons (Fsp3) is 0.300. The lowest BCUT2D eigenvalue weighted by atomic mass is 10.0. The van der Waals surface area contributed by atoms with Gasteiger partial charge in [0.05, 0.1) is 5.02 Å². The van der Waals surface area contributed by atoms with Gasteiger partial charge in [0.15, 0.2) is 5.78 Å². The molecule has 0 unspecified atom stereocenters. The van der Waals surface area contributed by atoms with E-state index in [-0.39, 0.29) is 16.6 Å². The molecule has 76 valence electrons. The van der Waals surface area contributed by atoms with Gasteiger partial charge in [-0.15, -0.1) is 0 Å². The van der Waals surface area contributed by atoms with Crippen molar-refractivity contribution in [2.24, 2.45) is 5.73 Å². The minimum absolute atomic E-state index is 0.00605. The summed E-state index contributed by atoms with van der Waals surface area (Å²) < 4.78 is 0. The number of aromatic hydroxyl groups is 1. The number of aryl methyl sites for hydroxylation is 1. The summed E-state index contributed by atoms with van der Waals surface area (Å²) in [5, 5.41) is 9.46. The molecular formula is C10H12ClNO2. The molecule has 1 aromatic rings. The van der Waals surface area contributed by atoms with Crippen LogP contribution in [0.15, 0.2) is 12.1 Å². The van der Waals surface area contributed by atoms with Crippen LogP contribution in [-0.2, 0) is 0 Å². The van der Waals surface area contributed by atoms with Crippen LogP contribution in [0.5, 0.6) is 5.75 Å². The third-order valence-corrected chi connectivity index (χ3v) is 2.27. The smallest absolute Gasteiger partial charge is 0.164 e. The predicted octanol–water partition coefficient (Wildman–Crippen LogP) is 1.89. The van der Waals surface area contributed by atoms with Crippen molar-refractivity contribution in [1.82, 2.24) is 0 Å². The summed E-state index contributed by atoms with van der Waals surface area (Å²) in [6.45, 7) is 2.07. The summed E-state index contributed by atoms with van der Waals surface area (Å²) in [6, 6.07) is 2.95. The van der Waals surface area contributed by atoms with E-state index in [9.17, 15) is 9.90 Å². The van der Waals surface area contributed by atoms with Gasteiger partial charge >= 0.3 is 0 Å². The van der Waals surface area contributed by atoms with Gasteiger partial charge in [-0.3, -0.25) is 4.79 Å². The molecule has 0 aromatic heterocycles. The number of rotatable bonds is 3. The summed E-state index contributed by atoms with van der Waals surface area (Å²) in [5.74, 6) is -0.0552. The number of hydrogen-bond acceptors (Lipinski definition) is 3. The number of phenols is 1. The molecule has 0 heterocycles. The van der Waals surface area contributed by atoms with Crippen LogP contribution < -0.4 is 5.73 Å². The highest BCUT2D eigenvalue weighted by Gasteiger charge is 2.11. The lowest BCUT2D eigenvalue weighted by molar-refractivity contribution is 0.0985. The largest absolute Gasteiger partial charge is 0.506 e. The molecule has 14 heavy (non-hydrogen) atoms. The van der Waals surface area contributed by atoms with E-state index in [2.05, 4.69) is 0 Å². The van der Waals surface area contributed by atoms with Gasteiger partial charge < -0.3 is 10.8 Å². The van der Waals surface area contributed by atoms with Crippen molar-refractivity contribution in [3.05, 3.63) is 28.3 Å². The van der Waals surface area contributed by atoms with Crippen molar-refractivity contribution in [3.8, 4) is 5.75 Å². The van der Waals surface area contributed by atoms with Gasteiger partial charge in [0.2, 0.25) is 0 Å². The van der Waals surface area contributed by atoms with E-state index in [1.807, 2.05) is 0 Å². The fourth-order valence-electron chi connectivity index (χ4n) is 1.23. The van der Waals surface area contributed by atoms with Gasteiger partial charge in [0, 0.05) is 12.0 Å². The van der Waals surface area contributed by atoms with Crippen LogP contribution in [0.2, 0.25) is 5.02 Å². The summed E-state index contributed by atoms with van der Waals surface area (Å²) in [4.78, 5) is 11.5. The Labute approximate surface area is 87.5 Å². The zero-order valence-corrected chi connectivity index (χ0v) is 8.64. The number of ketones is 1. The quantitative estimate of drug-likeness (QED) is 0.754. The van der Waals surface area contributed by atoms with Crippen LogP contribution in [0.3, 0.4) is 0 Å². The Hall–Kier alpha value is -1.06. The van der Waals surface area contributed by atoms with E-state index in [4.69, 9.17) is 17.3 Å². The minimum atomic E-state index is -0.0492. The van der Waals surface area contributed by atoms with Gasteiger partial charge in [-0.2, -0.15) is 0 Å². The molecule has 0 amide bonds. The number of Topliss-reactive ketones (excluding diaryl/α,β-unsaturated/α-hetero) is 1. The molecule has 0 radical (unpaired) electrons. The number of hydrogen-bond donors (Lipinski definition) is 2. The highest BCUT2D eigenvalue weighted by atomic mass is 35.5. The van der Waals surface area contributed by atoms with E-state index in [0.717, 1.165) is 0 Å². The Morgan fingerprint density at radius 2 is 2.21 bits per heavy atom. The van der Waals surface area contributed by atoms with Crippen molar-refractivity contribution < 1.29 is 9.90 Å². The van der Waals surface area contributed by atoms with Gasteiger partial charge in [-0.1, -0.05) is 11.6 Å². The first kappa shape index (κ1) is 11.0. The van der Waals surface area contributed by atoms with Crippen LogP contribution in [0.25, 0.3) is 0 Å². The highest BCUT2D eigenvalue weighted by Crippen LogP contribution is 2.27. The van der Waals surface area contributed by atoms with E-state index < -0.39 is 0 Å². The topological polar surface area (TPSA) is 63.3 Å². The minimum Gasteiger partial charge on any atom is -0.506 e. The van der Waals surface area contributed by atoms with Gasteiger partial charge in [0.1, 0.15) is 5.75 Å². The van der Waals surface area contributed by atoms with Crippen LogP contribution in [0, 0.1) is 6.92 Å². The predicted molar refractivity (Wildman–Crippen MR) is 55.9 cm³/mol. The molecule has 0 spiro atoms. The molecule has 0 bridgehead atoms. The number of halogens is 1. The van der Waals surface area contributed by atoms with Crippen LogP contribution in [0.1, 0.15) is 22.3 Å². The van der Waals surface area contributed by atoms with Crippen molar-refractivity contribution in [2.45, 2.75) is 13.3 Å². The average Bonchev–Trinajstić information content (AvgIpc) is 2.11. The van der Waals surface area contributed by atoms with Crippen molar-refractivity contribution in [2.75, 3.05) is 6.54 Å². The van der Waals surface area contributed by atoms with Crippen LogP contribution in [-0.4, -0.2) is 17.4 Å². The Morgan fingerprint density at radius 1 is 1.57 bits per heavy atom. The zero-order valence-electron chi connectivity index (χ0n) is 7.88. The van der Waals surface area contributed by atoms with Crippen molar-refractivity contribution in [3.63, 3.8) is 0 Å². The first-order chi connectivity index (χ1) is 6.56. The van der Waals surface area contributed by atoms with Gasteiger partial charge in [-0.05, 0) is 31.2 Å². The Bertz CT molecular complexity index is 363. The summed E-state index contributed by atoms with van der Waals surface area (Å²) in [6.07, 6.45) is 0.294. The monoisotopic (exact) mass is 213 g/mol. The third-order valence-electron chi connectivity index (χ3n) is 1.97. The average molecular weight is 214 g/mol. The second-order valence-electron chi connectivity index (χ2n) is 3.08. The molecule has 0 saturated carbocycles. The van der Waals surface area contributed by atoms with Crippen LogP contribution >= 0.6 is 11.6 Å². The van der Waals surface area contributed by atoms with Crippen molar-refractivity contribution in [1.29, 1.82) is 0 Å². The first-order valence-electron chi connectivity index (χ1n) is 4.28. The third kappa shape index (κ3) is 2.25. The standard InChI is InChI=1S/C10H12ClNO2/c1-6-4-10(14)8(11)5-7(6)9(13)2-3-12/h4-5,14H,2-3,12H2,1H3. The van der Waals surface area contributed by atoms with E-state index in [0.29, 0.717) is 24.1 Å². The maximum atomic E-state index is 11.5. The lowest BCUT2D eigenvalue weighted by Gasteiger charge is -2.06. The molecule has 3 nitrogen and oxygen atoms in total. The Kier molecular flexibility index (Phi) is 3.49. The van der Waals surface area contributed by atoms with Gasteiger partial charge in [0.25, 0.3) is 0 Å². The second kappa shape index (κ2) is 4.44. The fourth-order valence-corrected chi connectivity index (χ4v) is 1.40. The maximum Gasteiger partial charge on any atom is 0.164 e. The second-order valence-corrected chi connectivity index (χ2v) is 3.49. The number of carbonyl (C=O) groups is 1. The summed E-state index contributed by atoms with van der Waals surface area (Å²) in [7, 11) is 0. The molecular weight excluding hydrogens is 202 g/mol. The zero-order chi connectivity index (χ0) is 10.7. The summed E-state index contributed by atoms with van der Waals surface area (Å²) in [5.41, 5.74) is 6.52. The maximum absolute atomic E-state index is 11.5. The first-order valence-corrected chi connectivity index (χ1v) is 4.66. The molecule has 3 N–H and O–H groups in total.